The third kappa shape index (κ3) is 3.84. The highest BCUT2D eigenvalue weighted by molar-refractivity contribution is 7.80. The number of rotatable bonds is 3. The van der Waals surface area contributed by atoms with E-state index in [9.17, 15) is 8.78 Å². The van der Waals surface area contributed by atoms with Crippen molar-refractivity contribution in [3.05, 3.63) is 88.1 Å². The van der Waals surface area contributed by atoms with E-state index in [2.05, 4.69) is 28.5 Å². The van der Waals surface area contributed by atoms with Crippen LogP contribution in [0.1, 0.15) is 24.1 Å². The number of hydrogen-bond donors (Lipinski definition) is 2. The van der Waals surface area contributed by atoms with Crippen LogP contribution in [0.25, 0.3) is 6.08 Å². The highest BCUT2D eigenvalue weighted by Crippen LogP contribution is 2.34. The molecule has 2 aliphatic rings. The van der Waals surface area contributed by atoms with Crippen LogP contribution in [-0.4, -0.2) is 29.6 Å². The predicted molar refractivity (Wildman–Crippen MR) is 112 cm³/mol. The van der Waals surface area contributed by atoms with Crippen LogP contribution in [0.15, 0.2) is 65.4 Å². The average molecular weight is 397 g/mol. The Labute approximate surface area is 168 Å². The Hall–Kier alpha value is -2.57. The second-order valence-electron chi connectivity index (χ2n) is 7.01. The zero-order valence-electron chi connectivity index (χ0n) is 15.5. The summed E-state index contributed by atoms with van der Waals surface area (Å²) in [4.78, 5) is 2.34. The maximum Gasteiger partial charge on any atom is 0.171 e. The fourth-order valence-electron chi connectivity index (χ4n) is 3.71. The van der Waals surface area contributed by atoms with E-state index in [1.165, 1.54) is 29.8 Å². The molecule has 0 saturated heterocycles. The molecule has 4 rings (SSSR count). The van der Waals surface area contributed by atoms with Gasteiger partial charge in [-0.3, -0.25) is 4.90 Å². The van der Waals surface area contributed by atoms with Gasteiger partial charge in [-0.25, -0.2) is 8.78 Å². The summed E-state index contributed by atoms with van der Waals surface area (Å²) in [5.74, 6) is -0.511. The summed E-state index contributed by atoms with van der Waals surface area (Å²) < 4.78 is 26.7. The molecule has 0 amide bonds. The van der Waals surface area contributed by atoms with E-state index in [1.807, 2.05) is 0 Å². The van der Waals surface area contributed by atoms with Crippen LogP contribution in [0.5, 0.6) is 0 Å². The van der Waals surface area contributed by atoms with Gasteiger partial charge in [-0.05, 0) is 71.4 Å². The van der Waals surface area contributed by atoms with Crippen molar-refractivity contribution in [2.24, 2.45) is 0 Å². The zero-order valence-corrected chi connectivity index (χ0v) is 16.3. The lowest BCUT2D eigenvalue weighted by Gasteiger charge is -2.40. The van der Waals surface area contributed by atoms with Crippen LogP contribution >= 0.6 is 12.2 Å². The number of hydrogen-bond acceptors (Lipinski definition) is 2. The summed E-state index contributed by atoms with van der Waals surface area (Å²) in [6.45, 7) is 4.59. The van der Waals surface area contributed by atoms with E-state index >= 15 is 0 Å². The van der Waals surface area contributed by atoms with E-state index in [4.69, 9.17) is 12.2 Å². The minimum atomic E-state index is -0.259. The Balaban J connectivity index is 1.79. The van der Waals surface area contributed by atoms with Crippen LogP contribution in [0.4, 0.5) is 8.78 Å². The van der Waals surface area contributed by atoms with Crippen molar-refractivity contribution in [2.75, 3.05) is 19.6 Å². The van der Waals surface area contributed by atoms with Crippen molar-refractivity contribution < 1.29 is 8.78 Å². The molecule has 2 aliphatic heterocycles. The van der Waals surface area contributed by atoms with Crippen molar-refractivity contribution in [1.82, 2.24) is 15.5 Å². The van der Waals surface area contributed by atoms with Crippen LogP contribution in [-0.2, 0) is 0 Å². The molecule has 0 saturated carbocycles. The third-order valence-electron chi connectivity index (χ3n) is 5.15. The van der Waals surface area contributed by atoms with Gasteiger partial charge in [0.2, 0.25) is 0 Å². The molecule has 2 heterocycles. The van der Waals surface area contributed by atoms with Crippen LogP contribution in [0, 0.1) is 11.6 Å². The van der Waals surface area contributed by atoms with Gasteiger partial charge in [0.1, 0.15) is 11.6 Å². The number of benzene rings is 2. The number of halogens is 2. The summed E-state index contributed by atoms with van der Waals surface area (Å²) in [6.07, 6.45) is 2.07. The Morgan fingerprint density at radius 3 is 2.32 bits per heavy atom. The standard InChI is InChI=1S/C22H21F2N3S/c1-2-27-12-16(11-14-3-7-17(23)8-4-14)21-19(13-27)20(25-22(28)26-21)15-5-9-18(24)10-6-15/h3-11,20H,2,12-13H2,1H3,(H2,25,26,28)/b16-11+. The molecule has 6 heteroatoms. The van der Waals surface area contributed by atoms with Crippen molar-refractivity contribution in [3.63, 3.8) is 0 Å². The lowest BCUT2D eigenvalue weighted by atomic mass is 9.89. The summed E-state index contributed by atoms with van der Waals surface area (Å²) in [7, 11) is 0. The van der Waals surface area contributed by atoms with E-state index < -0.39 is 0 Å². The highest BCUT2D eigenvalue weighted by atomic mass is 32.1. The molecule has 2 aromatic carbocycles. The Kier molecular flexibility index (Phi) is 5.24. The van der Waals surface area contributed by atoms with Gasteiger partial charge >= 0.3 is 0 Å². The van der Waals surface area contributed by atoms with Crippen molar-refractivity contribution in [1.29, 1.82) is 0 Å². The highest BCUT2D eigenvalue weighted by Gasteiger charge is 2.32. The molecule has 1 atom stereocenters. The van der Waals surface area contributed by atoms with Gasteiger partial charge in [-0.1, -0.05) is 31.2 Å². The molecular weight excluding hydrogens is 376 g/mol. The Morgan fingerprint density at radius 2 is 1.68 bits per heavy atom. The first kappa shape index (κ1) is 18.8. The number of thiocarbonyl (C=S) groups is 1. The topological polar surface area (TPSA) is 27.3 Å². The Morgan fingerprint density at radius 1 is 1.04 bits per heavy atom. The van der Waals surface area contributed by atoms with Crippen molar-refractivity contribution in [3.8, 4) is 0 Å². The smallest absolute Gasteiger partial charge is 0.171 e. The van der Waals surface area contributed by atoms with E-state index in [-0.39, 0.29) is 17.7 Å². The van der Waals surface area contributed by atoms with Gasteiger partial charge in [-0.2, -0.15) is 0 Å². The molecule has 2 N–H and O–H groups in total. The molecule has 0 spiro atoms. The second-order valence-corrected chi connectivity index (χ2v) is 7.42. The zero-order chi connectivity index (χ0) is 19.7. The average Bonchev–Trinajstić information content (AvgIpc) is 2.70. The molecule has 28 heavy (non-hydrogen) atoms. The van der Waals surface area contributed by atoms with Gasteiger partial charge in [0.25, 0.3) is 0 Å². The molecular formula is C22H21F2N3S. The molecule has 0 aromatic heterocycles. The molecule has 2 aromatic rings. The molecule has 0 radical (unpaired) electrons. The fraction of sp³-hybridized carbons (Fsp3) is 0.227. The molecule has 1 unspecified atom stereocenters. The largest absolute Gasteiger partial charge is 0.352 e. The minimum Gasteiger partial charge on any atom is -0.352 e. The summed E-state index contributed by atoms with van der Waals surface area (Å²) >= 11 is 5.45. The predicted octanol–water partition coefficient (Wildman–Crippen LogP) is 4.16. The second kappa shape index (κ2) is 7.81. The molecule has 0 aliphatic carbocycles. The lowest BCUT2D eigenvalue weighted by molar-refractivity contribution is 0.316. The SMILES string of the molecule is CCN1CC2=C(NC(=S)NC2c2ccc(F)cc2)/C(=C/c2ccc(F)cc2)C1. The summed E-state index contributed by atoms with van der Waals surface area (Å²) in [5, 5.41) is 7.18. The van der Waals surface area contributed by atoms with Gasteiger partial charge in [0.05, 0.1) is 6.04 Å². The van der Waals surface area contributed by atoms with Crippen molar-refractivity contribution >= 4 is 23.4 Å². The van der Waals surface area contributed by atoms with Gasteiger partial charge in [0, 0.05) is 18.8 Å². The first-order valence-electron chi connectivity index (χ1n) is 9.28. The minimum absolute atomic E-state index is 0.115. The van der Waals surface area contributed by atoms with Gasteiger partial charge in [-0.15, -0.1) is 0 Å². The van der Waals surface area contributed by atoms with Crippen LogP contribution in [0.2, 0.25) is 0 Å². The number of nitrogens with one attached hydrogen (secondary N) is 2. The quantitative estimate of drug-likeness (QED) is 0.761. The number of likely N-dealkylation sites (N-methyl/N-ethyl adjacent to an activating group) is 1. The van der Waals surface area contributed by atoms with E-state index in [0.717, 1.165) is 42.0 Å². The maximum absolute atomic E-state index is 13.4. The first-order chi connectivity index (χ1) is 13.5. The summed E-state index contributed by atoms with van der Waals surface area (Å²) in [5.41, 5.74) is 5.18. The number of nitrogens with zero attached hydrogens (tertiary/aromatic N) is 1. The summed E-state index contributed by atoms with van der Waals surface area (Å²) in [6, 6.07) is 12.9. The van der Waals surface area contributed by atoms with Crippen molar-refractivity contribution in [2.45, 2.75) is 13.0 Å². The molecule has 0 bridgehead atoms. The van der Waals surface area contributed by atoms with Gasteiger partial charge < -0.3 is 10.6 Å². The van der Waals surface area contributed by atoms with Crippen LogP contribution < -0.4 is 10.6 Å². The van der Waals surface area contributed by atoms with E-state index in [1.54, 1.807) is 24.3 Å². The van der Waals surface area contributed by atoms with Crippen LogP contribution in [0.3, 0.4) is 0 Å². The normalized spacial score (nSPS) is 21.3. The Bertz CT molecular complexity index is 949. The van der Waals surface area contributed by atoms with E-state index in [0.29, 0.717) is 5.11 Å². The monoisotopic (exact) mass is 397 g/mol. The first-order valence-corrected chi connectivity index (χ1v) is 9.69. The molecule has 144 valence electrons. The fourth-order valence-corrected chi connectivity index (χ4v) is 3.93. The maximum atomic E-state index is 13.4. The third-order valence-corrected chi connectivity index (χ3v) is 5.37. The van der Waals surface area contributed by atoms with Gasteiger partial charge in [0.15, 0.2) is 5.11 Å². The lowest BCUT2D eigenvalue weighted by Crippen LogP contribution is -2.50. The molecule has 0 fully saturated rings. The molecule has 3 nitrogen and oxygen atoms in total.